The molecule has 1 atom stereocenters. The number of benzene rings is 1. The van der Waals surface area contributed by atoms with E-state index in [2.05, 4.69) is 6.92 Å². The zero-order valence-electron chi connectivity index (χ0n) is 12.6. The summed E-state index contributed by atoms with van der Waals surface area (Å²) < 4.78 is 19.5. The Kier molecular flexibility index (Phi) is 5.41. The van der Waals surface area contributed by atoms with Gasteiger partial charge in [-0.05, 0) is 68.7 Å². The van der Waals surface area contributed by atoms with Crippen LogP contribution < -0.4 is 10.5 Å². The fourth-order valence-electron chi connectivity index (χ4n) is 3.01. The highest BCUT2D eigenvalue weighted by molar-refractivity contribution is 5.34. The number of nitrogens with two attached hydrogens (primary N) is 1. The summed E-state index contributed by atoms with van der Waals surface area (Å²) in [6.07, 6.45) is 6.88. The minimum Gasteiger partial charge on any atom is -0.490 e. The van der Waals surface area contributed by atoms with Crippen molar-refractivity contribution in [3.63, 3.8) is 0 Å². The van der Waals surface area contributed by atoms with Crippen molar-refractivity contribution in [2.24, 2.45) is 11.7 Å². The first-order valence-corrected chi connectivity index (χ1v) is 7.79. The molecule has 1 aromatic carbocycles. The average molecular weight is 279 g/mol. The molecule has 112 valence electrons. The predicted molar refractivity (Wildman–Crippen MR) is 80.4 cm³/mol. The highest BCUT2D eigenvalue weighted by atomic mass is 19.1. The van der Waals surface area contributed by atoms with Crippen LogP contribution in [0.5, 0.6) is 5.75 Å². The Balaban J connectivity index is 2.01. The molecule has 0 saturated heterocycles. The van der Waals surface area contributed by atoms with Crippen LogP contribution in [0, 0.1) is 11.7 Å². The summed E-state index contributed by atoms with van der Waals surface area (Å²) in [5, 5.41) is 0. The minimum absolute atomic E-state index is 0.00924. The Bertz CT molecular complexity index is 425. The van der Waals surface area contributed by atoms with Gasteiger partial charge < -0.3 is 10.5 Å². The third-order valence-corrected chi connectivity index (χ3v) is 4.23. The molecule has 2 rings (SSSR count). The Morgan fingerprint density at radius 2 is 2.00 bits per heavy atom. The standard InChI is InChI=1S/C17H26FNO/c1-3-13-4-7-16(8-5-13)20-17-9-6-15(18)11-14(17)10-12(2)19/h6,9,11-13,16H,3-5,7-8,10,19H2,1-2H3. The third-order valence-electron chi connectivity index (χ3n) is 4.23. The van der Waals surface area contributed by atoms with E-state index in [-0.39, 0.29) is 18.0 Å². The molecular weight excluding hydrogens is 253 g/mol. The number of halogens is 1. The number of hydrogen-bond acceptors (Lipinski definition) is 2. The summed E-state index contributed by atoms with van der Waals surface area (Å²) in [4.78, 5) is 0. The second kappa shape index (κ2) is 7.07. The molecule has 1 aromatic rings. The monoisotopic (exact) mass is 279 g/mol. The lowest BCUT2D eigenvalue weighted by Crippen LogP contribution is -2.25. The van der Waals surface area contributed by atoms with E-state index < -0.39 is 0 Å². The quantitative estimate of drug-likeness (QED) is 0.882. The van der Waals surface area contributed by atoms with Crippen molar-refractivity contribution >= 4 is 0 Å². The fourth-order valence-corrected chi connectivity index (χ4v) is 3.01. The van der Waals surface area contributed by atoms with Crippen LogP contribution in [0.3, 0.4) is 0 Å². The van der Waals surface area contributed by atoms with Gasteiger partial charge in [0.1, 0.15) is 11.6 Å². The molecule has 0 aromatic heterocycles. The van der Waals surface area contributed by atoms with Crippen LogP contribution >= 0.6 is 0 Å². The molecule has 1 aliphatic carbocycles. The van der Waals surface area contributed by atoms with Crippen LogP contribution in [0.4, 0.5) is 4.39 Å². The van der Waals surface area contributed by atoms with E-state index >= 15 is 0 Å². The minimum atomic E-state index is -0.220. The van der Waals surface area contributed by atoms with E-state index in [1.807, 2.05) is 6.92 Å². The average Bonchev–Trinajstić information content (AvgIpc) is 2.42. The van der Waals surface area contributed by atoms with Crippen LogP contribution in [0.15, 0.2) is 18.2 Å². The van der Waals surface area contributed by atoms with E-state index in [4.69, 9.17) is 10.5 Å². The molecule has 20 heavy (non-hydrogen) atoms. The van der Waals surface area contributed by atoms with Gasteiger partial charge >= 0.3 is 0 Å². The van der Waals surface area contributed by atoms with E-state index in [1.54, 1.807) is 12.1 Å². The number of ether oxygens (including phenoxy) is 1. The molecule has 0 aliphatic heterocycles. The van der Waals surface area contributed by atoms with E-state index in [9.17, 15) is 4.39 Å². The molecule has 0 amide bonds. The molecule has 0 bridgehead atoms. The summed E-state index contributed by atoms with van der Waals surface area (Å²) >= 11 is 0. The zero-order valence-corrected chi connectivity index (χ0v) is 12.6. The maximum Gasteiger partial charge on any atom is 0.123 e. The van der Waals surface area contributed by atoms with Crippen molar-refractivity contribution in [1.29, 1.82) is 0 Å². The van der Waals surface area contributed by atoms with Gasteiger partial charge in [0.15, 0.2) is 0 Å². The molecule has 1 aliphatic rings. The molecule has 2 nitrogen and oxygen atoms in total. The van der Waals surface area contributed by atoms with Gasteiger partial charge in [0.2, 0.25) is 0 Å². The molecule has 1 saturated carbocycles. The lowest BCUT2D eigenvalue weighted by Gasteiger charge is -2.29. The van der Waals surface area contributed by atoms with Gasteiger partial charge in [0.25, 0.3) is 0 Å². The van der Waals surface area contributed by atoms with E-state index in [0.29, 0.717) is 6.42 Å². The predicted octanol–water partition coefficient (Wildman–Crippen LogP) is 4.06. The topological polar surface area (TPSA) is 35.2 Å². The molecule has 1 fully saturated rings. The normalized spacial score (nSPS) is 24.4. The summed E-state index contributed by atoms with van der Waals surface area (Å²) in [6, 6.07) is 4.78. The van der Waals surface area contributed by atoms with Crippen LogP contribution in [-0.4, -0.2) is 12.1 Å². The largest absolute Gasteiger partial charge is 0.490 e. The van der Waals surface area contributed by atoms with Crippen molar-refractivity contribution in [3.8, 4) is 5.75 Å². The molecular formula is C17H26FNO. The smallest absolute Gasteiger partial charge is 0.123 e. The molecule has 2 N–H and O–H groups in total. The molecule has 0 spiro atoms. The Hall–Kier alpha value is -1.09. The van der Waals surface area contributed by atoms with Crippen LogP contribution in [-0.2, 0) is 6.42 Å². The van der Waals surface area contributed by atoms with Gasteiger partial charge in [-0.15, -0.1) is 0 Å². The Morgan fingerprint density at radius 3 is 2.60 bits per heavy atom. The number of rotatable bonds is 5. The van der Waals surface area contributed by atoms with Gasteiger partial charge in [-0.1, -0.05) is 13.3 Å². The maximum atomic E-state index is 13.4. The first-order valence-electron chi connectivity index (χ1n) is 7.79. The molecule has 1 unspecified atom stereocenters. The van der Waals surface area contributed by atoms with E-state index in [1.165, 1.54) is 25.3 Å². The van der Waals surface area contributed by atoms with Crippen LogP contribution in [0.1, 0.15) is 51.5 Å². The first kappa shape index (κ1) is 15.3. The third kappa shape index (κ3) is 4.20. The summed E-state index contributed by atoms with van der Waals surface area (Å²) in [6.45, 7) is 4.19. The first-order chi connectivity index (χ1) is 9.58. The van der Waals surface area contributed by atoms with Gasteiger partial charge in [-0.25, -0.2) is 4.39 Å². The lowest BCUT2D eigenvalue weighted by atomic mass is 9.86. The van der Waals surface area contributed by atoms with Gasteiger partial charge in [0, 0.05) is 6.04 Å². The molecule has 0 radical (unpaired) electrons. The van der Waals surface area contributed by atoms with Crippen LogP contribution in [0.2, 0.25) is 0 Å². The summed E-state index contributed by atoms with van der Waals surface area (Å²) in [5.41, 5.74) is 6.72. The highest BCUT2D eigenvalue weighted by Crippen LogP contribution is 2.31. The Labute approximate surface area is 121 Å². The van der Waals surface area contributed by atoms with Gasteiger partial charge in [-0.2, -0.15) is 0 Å². The highest BCUT2D eigenvalue weighted by Gasteiger charge is 2.22. The second-order valence-corrected chi connectivity index (χ2v) is 6.10. The van der Waals surface area contributed by atoms with Crippen LogP contribution in [0.25, 0.3) is 0 Å². The van der Waals surface area contributed by atoms with Crippen molar-refractivity contribution in [3.05, 3.63) is 29.6 Å². The van der Waals surface area contributed by atoms with Crippen molar-refractivity contribution in [2.75, 3.05) is 0 Å². The second-order valence-electron chi connectivity index (χ2n) is 6.10. The molecule has 3 heteroatoms. The van der Waals surface area contributed by atoms with E-state index in [0.717, 1.165) is 30.1 Å². The SMILES string of the molecule is CCC1CCC(Oc2ccc(F)cc2CC(C)N)CC1. The Morgan fingerprint density at radius 1 is 1.30 bits per heavy atom. The number of hydrogen-bond donors (Lipinski definition) is 1. The molecule has 0 heterocycles. The van der Waals surface area contributed by atoms with Crippen molar-refractivity contribution in [2.45, 2.75) is 64.5 Å². The fraction of sp³-hybridized carbons (Fsp3) is 0.647. The van der Waals surface area contributed by atoms with Crippen molar-refractivity contribution < 1.29 is 9.13 Å². The summed E-state index contributed by atoms with van der Waals surface area (Å²) in [7, 11) is 0. The summed E-state index contributed by atoms with van der Waals surface area (Å²) in [5.74, 6) is 1.44. The maximum absolute atomic E-state index is 13.4. The van der Waals surface area contributed by atoms with Gasteiger partial charge in [-0.3, -0.25) is 0 Å². The van der Waals surface area contributed by atoms with Gasteiger partial charge in [0.05, 0.1) is 6.10 Å². The lowest BCUT2D eigenvalue weighted by molar-refractivity contribution is 0.128. The van der Waals surface area contributed by atoms with Crippen molar-refractivity contribution in [1.82, 2.24) is 0 Å². The zero-order chi connectivity index (χ0) is 14.5.